The highest BCUT2D eigenvalue weighted by molar-refractivity contribution is 6.16. The van der Waals surface area contributed by atoms with Crippen LogP contribution in [0.25, 0.3) is 11.8 Å². The lowest BCUT2D eigenvalue weighted by Gasteiger charge is -2.11. The van der Waals surface area contributed by atoms with Crippen molar-refractivity contribution < 1.29 is 18.7 Å². The number of rotatable bonds is 8. The third-order valence-electron chi connectivity index (χ3n) is 5.63. The molecular weight excluding hydrogens is 449 g/mol. The lowest BCUT2D eigenvalue weighted by atomic mass is 10.1. The molecule has 0 bridgehead atoms. The molecule has 0 aliphatic rings. The molecule has 2 heterocycles. The number of ether oxygens (including phenoxy) is 1. The van der Waals surface area contributed by atoms with Crippen molar-refractivity contribution in [3.05, 3.63) is 100 Å². The van der Waals surface area contributed by atoms with E-state index < -0.39 is 12.6 Å². The van der Waals surface area contributed by atoms with Crippen molar-refractivity contribution in [2.24, 2.45) is 0 Å². The summed E-state index contributed by atoms with van der Waals surface area (Å²) in [6, 6.07) is 17.2. The fraction of sp³-hybridized carbons (Fsp3) is 0.192. The van der Waals surface area contributed by atoms with Crippen LogP contribution in [-0.2, 0) is 16.1 Å². The number of aryl methyl sites for hydroxylation is 2. The van der Waals surface area contributed by atoms with Crippen molar-refractivity contribution in [3.63, 3.8) is 0 Å². The molecule has 8 nitrogen and oxygen atoms in total. The van der Waals surface area contributed by atoms with Gasteiger partial charge in [0.15, 0.2) is 18.1 Å². The molecule has 0 atom stereocenters. The van der Waals surface area contributed by atoms with Gasteiger partial charge in [0.25, 0.3) is 0 Å². The Hall–Kier alpha value is -4.40. The number of hydrogen-bond donors (Lipinski definition) is 0. The van der Waals surface area contributed by atoms with Crippen LogP contribution in [0.3, 0.4) is 0 Å². The van der Waals surface area contributed by atoms with Crippen molar-refractivity contribution >= 4 is 23.5 Å². The molecule has 0 N–H and O–H groups in total. The standard InChI is InChI=1S/C26H24FN5O3/c1-17-13-23(18(2)31(17)15-21-9-11-22(27)12-10-21)25(33)16-35-26(34)24(32-19(3)28-29-30-32)14-20-7-5-4-6-8-20/h4-14H,15-16H2,1-3H3/b24-14-. The molecule has 0 radical (unpaired) electrons. The minimum absolute atomic E-state index is 0.0910. The monoisotopic (exact) mass is 473 g/mol. The van der Waals surface area contributed by atoms with Gasteiger partial charge in [-0.25, -0.2) is 9.18 Å². The molecule has 4 rings (SSSR count). The Bertz CT molecular complexity index is 1390. The summed E-state index contributed by atoms with van der Waals surface area (Å²) < 4.78 is 21.8. The number of benzene rings is 2. The van der Waals surface area contributed by atoms with Gasteiger partial charge in [-0.15, -0.1) is 5.10 Å². The maximum Gasteiger partial charge on any atom is 0.357 e. The molecule has 35 heavy (non-hydrogen) atoms. The molecule has 0 aliphatic heterocycles. The van der Waals surface area contributed by atoms with E-state index in [1.165, 1.54) is 16.8 Å². The summed E-state index contributed by atoms with van der Waals surface area (Å²) in [6.07, 6.45) is 1.60. The van der Waals surface area contributed by atoms with E-state index >= 15 is 0 Å². The van der Waals surface area contributed by atoms with E-state index in [0.717, 1.165) is 22.5 Å². The number of aromatic nitrogens is 5. The Morgan fingerprint density at radius 3 is 2.40 bits per heavy atom. The lowest BCUT2D eigenvalue weighted by molar-refractivity contribution is -0.136. The number of carbonyl (C=O) groups is 2. The molecule has 0 unspecified atom stereocenters. The van der Waals surface area contributed by atoms with Gasteiger partial charge in [0.05, 0.1) is 0 Å². The quantitative estimate of drug-likeness (QED) is 0.218. The number of ketones is 1. The highest BCUT2D eigenvalue weighted by atomic mass is 19.1. The largest absolute Gasteiger partial charge is 0.453 e. The predicted molar refractivity (Wildman–Crippen MR) is 128 cm³/mol. The molecule has 0 saturated carbocycles. The highest BCUT2D eigenvalue weighted by Crippen LogP contribution is 2.19. The first-order valence-electron chi connectivity index (χ1n) is 11.0. The van der Waals surface area contributed by atoms with Crippen molar-refractivity contribution in [1.82, 2.24) is 24.8 Å². The van der Waals surface area contributed by atoms with Gasteiger partial charge in [-0.1, -0.05) is 42.5 Å². The molecule has 178 valence electrons. The van der Waals surface area contributed by atoms with Crippen molar-refractivity contribution in [2.75, 3.05) is 6.61 Å². The summed E-state index contributed by atoms with van der Waals surface area (Å²) in [7, 11) is 0. The van der Waals surface area contributed by atoms with Crippen LogP contribution in [0.2, 0.25) is 0 Å². The Balaban J connectivity index is 1.51. The van der Waals surface area contributed by atoms with Gasteiger partial charge in [-0.3, -0.25) is 4.79 Å². The summed E-state index contributed by atoms with van der Waals surface area (Å²) in [6.45, 7) is 5.44. The first kappa shape index (κ1) is 23.7. The summed E-state index contributed by atoms with van der Waals surface area (Å²) >= 11 is 0. The Labute approximate surface area is 201 Å². The van der Waals surface area contributed by atoms with E-state index in [-0.39, 0.29) is 17.3 Å². The number of esters is 1. The highest BCUT2D eigenvalue weighted by Gasteiger charge is 2.21. The average molecular weight is 474 g/mol. The number of halogens is 1. The van der Waals surface area contributed by atoms with Crippen LogP contribution in [0.15, 0.2) is 60.7 Å². The van der Waals surface area contributed by atoms with E-state index in [1.807, 2.05) is 48.7 Å². The number of hydrogen-bond acceptors (Lipinski definition) is 6. The minimum atomic E-state index is -0.724. The summed E-state index contributed by atoms with van der Waals surface area (Å²) in [5.74, 6) is -0.952. The third-order valence-corrected chi connectivity index (χ3v) is 5.63. The van der Waals surface area contributed by atoms with Crippen LogP contribution in [-0.4, -0.2) is 43.1 Å². The van der Waals surface area contributed by atoms with Gasteiger partial charge < -0.3 is 9.30 Å². The third kappa shape index (κ3) is 5.40. The van der Waals surface area contributed by atoms with E-state index in [0.29, 0.717) is 17.9 Å². The maximum atomic E-state index is 13.2. The fourth-order valence-electron chi connectivity index (χ4n) is 3.75. The molecule has 0 aliphatic carbocycles. The molecule has 0 amide bonds. The Kier molecular flexibility index (Phi) is 6.96. The van der Waals surface area contributed by atoms with Gasteiger partial charge in [-0.2, -0.15) is 4.68 Å². The maximum absolute atomic E-state index is 13.2. The molecule has 4 aromatic rings. The van der Waals surface area contributed by atoms with Crippen LogP contribution < -0.4 is 0 Å². The van der Waals surface area contributed by atoms with Crippen LogP contribution >= 0.6 is 0 Å². The zero-order valence-corrected chi connectivity index (χ0v) is 19.6. The van der Waals surface area contributed by atoms with Gasteiger partial charge in [-0.05, 0) is 66.6 Å². The molecule has 9 heteroatoms. The zero-order valence-electron chi connectivity index (χ0n) is 19.6. The molecule has 0 spiro atoms. The summed E-state index contributed by atoms with van der Waals surface area (Å²) in [5.41, 5.74) is 3.83. The fourth-order valence-corrected chi connectivity index (χ4v) is 3.75. The zero-order chi connectivity index (χ0) is 24.9. The first-order chi connectivity index (χ1) is 16.8. The number of carbonyl (C=O) groups excluding carboxylic acids is 2. The second-order valence-electron chi connectivity index (χ2n) is 8.07. The summed E-state index contributed by atoms with van der Waals surface area (Å²) in [4.78, 5) is 25.9. The Morgan fingerprint density at radius 2 is 1.74 bits per heavy atom. The van der Waals surface area contributed by atoms with Gasteiger partial charge in [0.1, 0.15) is 5.82 Å². The molecule has 0 fully saturated rings. The second-order valence-corrected chi connectivity index (χ2v) is 8.07. The van der Waals surface area contributed by atoms with E-state index in [1.54, 1.807) is 31.2 Å². The van der Waals surface area contributed by atoms with E-state index in [2.05, 4.69) is 15.5 Å². The van der Waals surface area contributed by atoms with Gasteiger partial charge >= 0.3 is 5.97 Å². The van der Waals surface area contributed by atoms with Gasteiger partial charge in [0, 0.05) is 23.5 Å². The Morgan fingerprint density at radius 1 is 1.03 bits per heavy atom. The molecule has 0 saturated heterocycles. The number of tetrazole rings is 1. The predicted octanol–water partition coefficient (Wildman–Crippen LogP) is 4.01. The number of Topliss-reactive ketones (excluding diaryl/α,β-unsaturated/α-hetero) is 1. The average Bonchev–Trinajstić information content (AvgIpc) is 3.40. The minimum Gasteiger partial charge on any atom is -0.453 e. The van der Waals surface area contributed by atoms with Crippen molar-refractivity contribution in [2.45, 2.75) is 27.3 Å². The topological polar surface area (TPSA) is 91.9 Å². The van der Waals surface area contributed by atoms with Crippen LogP contribution in [0.5, 0.6) is 0 Å². The van der Waals surface area contributed by atoms with Gasteiger partial charge in [0.2, 0.25) is 5.78 Å². The molecule has 2 aromatic carbocycles. The first-order valence-corrected chi connectivity index (χ1v) is 11.0. The summed E-state index contributed by atoms with van der Waals surface area (Å²) in [5, 5.41) is 11.3. The molecular formula is C26H24FN5O3. The van der Waals surface area contributed by atoms with Crippen molar-refractivity contribution in [3.8, 4) is 0 Å². The normalized spacial score (nSPS) is 11.5. The lowest BCUT2D eigenvalue weighted by Crippen LogP contribution is -2.19. The SMILES string of the molecule is Cc1nnnn1/C(=C\c1ccccc1)C(=O)OCC(=O)c1cc(C)n(Cc2ccc(F)cc2)c1C. The number of nitrogens with zero attached hydrogens (tertiary/aromatic N) is 5. The van der Waals surface area contributed by atoms with E-state index in [4.69, 9.17) is 4.74 Å². The van der Waals surface area contributed by atoms with Crippen molar-refractivity contribution in [1.29, 1.82) is 0 Å². The second kappa shape index (κ2) is 10.3. The smallest absolute Gasteiger partial charge is 0.357 e. The van der Waals surface area contributed by atoms with Crippen LogP contribution in [0, 0.1) is 26.6 Å². The van der Waals surface area contributed by atoms with E-state index in [9.17, 15) is 14.0 Å². The van der Waals surface area contributed by atoms with Crippen LogP contribution in [0.4, 0.5) is 4.39 Å². The van der Waals surface area contributed by atoms with Crippen LogP contribution in [0.1, 0.15) is 38.7 Å². The molecule has 2 aromatic heterocycles.